The molecule has 0 amide bonds. The average molecular weight is 213 g/mol. The second kappa shape index (κ2) is 6.64. The van der Waals surface area contributed by atoms with Crippen LogP contribution in [0.1, 0.15) is 34.8 Å². The number of aromatic nitrogens is 1. The Morgan fingerprint density at radius 1 is 1.00 bits per heavy atom. The maximum Gasteiger partial charge on any atom is 0.354 e. The van der Waals surface area contributed by atoms with Crippen LogP contribution in [0.25, 0.3) is 0 Å². The normalized spacial score (nSPS) is 8.53. The number of methoxy groups -OCH3 is 2. The topological polar surface area (TPSA) is 68.4 Å². The van der Waals surface area contributed by atoms with E-state index < -0.39 is 11.9 Å². The molecule has 0 fully saturated rings. The van der Waals surface area contributed by atoms with Crippen molar-refractivity contribution < 1.29 is 19.1 Å². The average Bonchev–Trinajstić information content (AvgIpc) is 2.79. The van der Waals surface area contributed by atoms with Gasteiger partial charge in [0.05, 0.1) is 14.2 Å². The summed E-state index contributed by atoms with van der Waals surface area (Å²) in [6, 6.07) is 2.91. The van der Waals surface area contributed by atoms with Gasteiger partial charge in [-0.25, -0.2) is 9.59 Å². The zero-order valence-electron chi connectivity index (χ0n) is 9.29. The van der Waals surface area contributed by atoms with Crippen molar-refractivity contribution in [3.8, 4) is 0 Å². The fourth-order valence-corrected chi connectivity index (χ4v) is 0.853. The molecular formula is C10H15NO4. The molecule has 0 radical (unpaired) electrons. The molecule has 0 aromatic carbocycles. The molecule has 1 aromatic heterocycles. The number of hydrogen-bond acceptors (Lipinski definition) is 4. The molecule has 5 nitrogen and oxygen atoms in total. The number of hydrogen-bond donors (Lipinski definition) is 1. The quantitative estimate of drug-likeness (QED) is 0.758. The van der Waals surface area contributed by atoms with Crippen molar-refractivity contribution in [2.24, 2.45) is 0 Å². The first-order valence-corrected chi connectivity index (χ1v) is 4.54. The predicted molar refractivity (Wildman–Crippen MR) is 54.8 cm³/mol. The molecular weight excluding hydrogens is 198 g/mol. The first-order chi connectivity index (χ1) is 7.19. The van der Waals surface area contributed by atoms with Crippen molar-refractivity contribution in [1.82, 2.24) is 4.98 Å². The lowest BCUT2D eigenvalue weighted by molar-refractivity contribution is 0.0590. The van der Waals surface area contributed by atoms with Crippen LogP contribution >= 0.6 is 0 Å². The molecule has 0 bridgehead atoms. The number of carbonyl (C=O) groups excluding carboxylic acids is 2. The van der Waals surface area contributed by atoms with Crippen LogP contribution in [0.5, 0.6) is 0 Å². The lowest BCUT2D eigenvalue weighted by atomic mass is 10.4. The fourth-order valence-electron chi connectivity index (χ4n) is 0.853. The third kappa shape index (κ3) is 3.46. The molecule has 0 atom stereocenters. The van der Waals surface area contributed by atoms with Gasteiger partial charge in [-0.3, -0.25) is 0 Å². The second-order valence-electron chi connectivity index (χ2n) is 2.27. The Labute approximate surface area is 88.4 Å². The SMILES string of the molecule is CC.COC(=O)c1ccc(C(=O)OC)[nH]1. The zero-order chi connectivity index (χ0) is 11.8. The lowest BCUT2D eigenvalue weighted by Gasteiger charge is -1.95. The summed E-state index contributed by atoms with van der Waals surface area (Å²) in [4.78, 5) is 24.4. The minimum absolute atomic E-state index is 0.225. The van der Waals surface area contributed by atoms with Gasteiger partial charge in [0.2, 0.25) is 0 Å². The minimum atomic E-state index is -0.518. The Morgan fingerprint density at radius 3 is 1.60 bits per heavy atom. The maximum absolute atomic E-state index is 10.9. The number of rotatable bonds is 2. The van der Waals surface area contributed by atoms with Gasteiger partial charge in [0.25, 0.3) is 0 Å². The van der Waals surface area contributed by atoms with E-state index in [9.17, 15) is 9.59 Å². The summed E-state index contributed by atoms with van der Waals surface area (Å²) < 4.78 is 8.88. The van der Waals surface area contributed by atoms with E-state index in [2.05, 4.69) is 14.5 Å². The second-order valence-corrected chi connectivity index (χ2v) is 2.27. The highest BCUT2D eigenvalue weighted by molar-refractivity contribution is 5.92. The van der Waals surface area contributed by atoms with Crippen molar-refractivity contribution in [3.63, 3.8) is 0 Å². The molecule has 1 heterocycles. The van der Waals surface area contributed by atoms with Gasteiger partial charge in [0, 0.05) is 0 Å². The molecule has 0 aliphatic rings. The van der Waals surface area contributed by atoms with Gasteiger partial charge in [0.1, 0.15) is 11.4 Å². The Kier molecular flexibility index (Phi) is 5.85. The molecule has 0 spiro atoms. The molecule has 0 unspecified atom stereocenters. The summed E-state index contributed by atoms with van der Waals surface area (Å²) in [5.74, 6) is -1.04. The van der Waals surface area contributed by atoms with E-state index in [0.29, 0.717) is 0 Å². The highest BCUT2D eigenvalue weighted by Gasteiger charge is 2.12. The van der Waals surface area contributed by atoms with Crippen molar-refractivity contribution in [2.45, 2.75) is 13.8 Å². The van der Waals surface area contributed by atoms with Crippen LogP contribution in [0.15, 0.2) is 12.1 Å². The van der Waals surface area contributed by atoms with Gasteiger partial charge in [-0.05, 0) is 12.1 Å². The first kappa shape index (κ1) is 13.2. The van der Waals surface area contributed by atoms with Crippen LogP contribution < -0.4 is 0 Å². The van der Waals surface area contributed by atoms with Crippen LogP contribution in [-0.4, -0.2) is 31.1 Å². The van der Waals surface area contributed by atoms with Gasteiger partial charge in [-0.2, -0.15) is 0 Å². The number of ether oxygens (including phenoxy) is 2. The van der Waals surface area contributed by atoms with Gasteiger partial charge in [-0.15, -0.1) is 0 Å². The summed E-state index contributed by atoms with van der Waals surface area (Å²) in [6.07, 6.45) is 0. The fraction of sp³-hybridized carbons (Fsp3) is 0.400. The van der Waals surface area contributed by atoms with Gasteiger partial charge < -0.3 is 14.5 Å². The van der Waals surface area contributed by atoms with E-state index in [4.69, 9.17) is 0 Å². The Morgan fingerprint density at radius 2 is 1.33 bits per heavy atom. The lowest BCUT2D eigenvalue weighted by Crippen LogP contribution is -2.05. The highest BCUT2D eigenvalue weighted by atomic mass is 16.5. The number of nitrogens with one attached hydrogen (secondary N) is 1. The van der Waals surface area contributed by atoms with Crippen LogP contribution in [-0.2, 0) is 9.47 Å². The van der Waals surface area contributed by atoms with Crippen molar-refractivity contribution >= 4 is 11.9 Å². The third-order valence-corrected chi connectivity index (χ3v) is 1.50. The molecule has 0 aliphatic carbocycles. The van der Waals surface area contributed by atoms with Crippen molar-refractivity contribution in [2.75, 3.05) is 14.2 Å². The molecule has 1 rings (SSSR count). The van der Waals surface area contributed by atoms with Crippen LogP contribution in [0.3, 0.4) is 0 Å². The molecule has 15 heavy (non-hydrogen) atoms. The number of H-pyrrole nitrogens is 1. The van der Waals surface area contributed by atoms with E-state index >= 15 is 0 Å². The van der Waals surface area contributed by atoms with E-state index in [1.54, 1.807) is 0 Å². The molecule has 1 aromatic rings. The summed E-state index contributed by atoms with van der Waals surface area (Å²) in [7, 11) is 2.53. The van der Waals surface area contributed by atoms with E-state index in [0.717, 1.165) is 0 Å². The molecule has 0 aliphatic heterocycles. The Bertz CT molecular complexity index is 299. The summed E-state index contributed by atoms with van der Waals surface area (Å²) >= 11 is 0. The Hall–Kier alpha value is -1.78. The number of carbonyl (C=O) groups is 2. The maximum atomic E-state index is 10.9. The van der Waals surface area contributed by atoms with Crippen molar-refractivity contribution in [3.05, 3.63) is 23.5 Å². The molecule has 84 valence electrons. The van der Waals surface area contributed by atoms with Gasteiger partial charge in [-0.1, -0.05) is 13.8 Å². The molecule has 5 heteroatoms. The summed E-state index contributed by atoms with van der Waals surface area (Å²) in [5, 5.41) is 0. The van der Waals surface area contributed by atoms with Crippen LogP contribution in [0.2, 0.25) is 0 Å². The predicted octanol–water partition coefficient (Wildman–Crippen LogP) is 1.61. The summed E-state index contributed by atoms with van der Waals surface area (Å²) in [6.45, 7) is 4.00. The summed E-state index contributed by atoms with van der Waals surface area (Å²) in [5.41, 5.74) is 0.450. The first-order valence-electron chi connectivity index (χ1n) is 4.54. The minimum Gasteiger partial charge on any atom is -0.464 e. The zero-order valence-corrected chi connectivity index (χ0v) is 9.29. The smallest absolute Gasteiger partial charge is 0.354 e. The standard InChI is InChI=1S/C8H9NO4.C2H6/c1-12-7(10)5-3-4-6(9-5)8(11)13-2;1-2/h3-4,9H,1-2H3;1-2H3. The van der Waals surface area contributed by atoms with Crippen LogP contribution in [0.4, 0.5) is 0 Å². The molecule has 1 N–H and O–H groups in total. The van der Waals surface area contributed by atoms with E-state index in [-0.39, 0.29) is 11.4 Å². The third-order valence-electron chi connectivity index (χ3n) is 1.50. The van der Waals surface area contributed by atoms with E-state index in [1.165, 1.54) is 26.4 Å². The van der Waals surface area contributed by atoms with Crippen LogP contribution in [0, 0.1) is 0 Å². The van der Waals surface area contributed by atoms with Gasteiger partial charge in [0.15, 0.2) is 0 Å². The van der Waals surface area contributed by atoms with E-state index in [1.807, 2.05) is 13.8 Å². The number of esters is 2. The monoisotopic (exact) mass is 213 g/mol. The largest absolute Gasteiger partial charge is 0.464 e. The highest BCUT2D eigenvalue weighted by Crippen LogP contribution is 2.04. The van der Waals surface area contributed by atoms with Gasteiger partial charge >= 0.3 is 11.9 Å². The van der Waals surface area contributed by atoms with Crippen molar-refractivity contribution in [1.29, 1.82) is 0 Å². The molecule has 0 saturated carbocycles. The Balaban J connectivity index is 0.000000921. The number of aromatic amines is 1. The molecule has 0 saturated heterocycles.